The van der Waals surface area contributed by atoms with Crippen molar-refractivity contribution in [3.63, 3.8) is 0 Å². The quantitative estimate of drug-likeness (QED) is 0.834. The molecule has 3 nitrogen and oxygen atoms in total. The average molecular weight is 254 g/mol. The Kier molecular flexibility index (Phi) is 4.77. The van der Waals surface area contributed by atoms with Crippen molar-refractivity contribution in [3.8, 4) is 0 Å². The van der Waals surface area contributed by atoms with Gasteiger partial charge in [-0.25, -0.2) is 4.98 Å². The van der Waals surface area contributed by atoms with Gasteiger partial charge in [0.15, 0.2) is 0 Å². The molecule has 2 rings (SSSR count). The van der Waals surface area contributed by atoms with Crippen LogP contribution in [0.4, 0.5) is 0 Å². The molecule has 4 heteroatoms. The van der Waals surface area contributed by atoms with E-state index in [0.29, 0.717) is 5.15 Å². The maximum absolute atomic E-state index is 5.88. The summed E-state index contributed by atoms with van der Waals surface area (Å²) in [4.78, 5) is 6.38. The third kappa shape index (κ3) is 4.26. The molecule has 2 heterocycles. The third-order valence-electron chi connectivity index (χ3n) is 3.27. The van der Waals surface area contributed by atoms with E-state index < -0.39 is 0 Å². The van der Waals surface area contributed by atoms with Crippen LogP contribution in [0.3, 0.4) is 0 Å². The molecule has 0 saturated carbocycles. The van der Waals surface area contributed by atoms with E-state index in [1.54, 1.807) is 6.20 Å². The normalized spacial score (nSPS) is 17.6. The van der Waals surface area contributed by atoms with E-state index in [0.717, 1.165) is 12.5 Å². The largest absolute Gasteiger partial charge is 0.317 e. The first-order chi connectivity index (χ1) is 8.24. The smallest absolute Gasteiger partial charge is 0.129 e. The summed E-state index contributed by atoms with van der Waals surface area (Å²) in [7, 11) is 2.18. The van der Waals surface area contributed by atoms with E-state index in [-0.39, 0.29) is 0 Å². The second-order valence-corrected chi connectivity index (χ2v) is 5.26. The van der Waals surface area contributed by atoms with E-state index >= 15 is 0 Å². The summed E-state index contributed by atoms with van der Waals surface area (Å²) >= 11 is 5.88. The summed E-state index contributed by atoms with van der Waals surface area (Å²) in [5.41, 5.74) is 1.24. The fourth-order valence-electron chi connectivity index (χ4n) is 2.42. The van der Waals surface area contributed by atoms with E-state index in [1.165, 1.54) is 38.0 Å². The standard InChI is InChI=1S/C13H20ClN3/c1-17(9-11-2-5-15-6-3-11)10-12-4-7-16-13(14)8-12/h4,7-8,11,15H,2-3,5-6,9-10H2,1H3. The lowest BCUT2D eigenvalue weighted by Crippen LogP contribution is -2.34. The maximum atomic E-state index is 5.88. The number of halogens is 1. The minimum Gasteiger partial charge on any atom is -0.317 e. The van der Waals surface area contributed by atoms with Gasteiger partial charge in [-0.3, -0.25) is 0 Å². The van der Waals surface area contributed by atoms with Crippen LogP contribution in [0.25, 0.3) is 0 Å². The highest BCUT2D eigenvalue weighted by Gasteiger charge is 2.14. The Hall–Kier alpha value is -0.640. The Bertz CT molecular complexity index is 350. The lowest BCUT2D eigenvalue weighted by molar-refractivity contribution is 0.234. The summed E-state index contributed by atoms with van der Waals surface area (Å²) in [6.07, 6.45) is 4.36. The van der Waals surface area contributed by atoms with Gasteiger partial charge in [0, 0.05) is 19.3 Å². The van der Waals surface area contributed by atoms with Gasteiger partial charge >= 0.3 is 0 Å². The number of pyridine rings is 1. The van der Waals surface area contributed by atoms with E-state index in [1.807, 2.05) is 12.1 Å². The molecule has 0 radical (unpaired) electrons. The Balaban J connectivity index is 1.82. The molecule has 1 aliphatic heterocycles. The van der Waals surface area contributed by atoms with Gasteiger partial charge in [0.1, 0.15) is 5.15 Å². The lowest BCUT2D eigenvalue weighted by atomic mass is 9.97. The van der Waals surface area contributed by atoms with Crippen molar-refractivity contribution in [3.05, 3.63) is 29.0 Å². The molecule has 0 atom stereocenters. The number of piperidine rings is 1. The van der Waals surface area contributed by atoms with Crippen LogP contribution in [0.15, 0.2) is 18.3 Å². The minimum atomic E-state index is 0.581. The third-order valence-corrected chi connectivity index (χ3v) is 3.48. The van der Waals surface area contributed by atoms with Crippen LogP contribution in [-0.4, -0.2) is 36.6 Å². The second kappa shape index (κ2) is 6.34. The van der Waals surface area contributed by atoms with Crippen LogP contribution >= 0.6 is 11.6 Å². The maximum Gasteiger partial charge on any atom is 0.129 e. The van der Waals surface area contributed by atoms with Crippen LogP contribution in [0.2, 0.25) is 5.15 Å². The first kappa shape index (κ1) is 12.8. The Morgan fingerprint density at radius 2 is 2.24 bits per heavy atom. The van der Waals surface area contributed by atoms with Gasteiger partial charge in [-0.05, 0) is 56.6 Å². The highest BCUT2D eigenvalue weighted by molar-refractivity contribution is 6.29. The van der Waals surface area contributed by atoms with Crippen molar-refractivity contribution in [2.24, 2.45) is 5.92 Å². The molecule has 0 aliphatic carbocycles. The fourth-order valence-corrected chi connectivity index (χ4v) is 2.62. The molecular formula is C13H20ClN3. The number of nitrogens with zero attached hydrogens (tertiary/aromatic N) is 2. The lowest BCUT2D eigenvalue weighted by Gasteiger charge is -2.27. The minimum absolute atomic E-state index is 0.581. The van der Waals surface area contributed by atoms with Crippen molar-refractivity contribution in [1.29, 1.82) is 0 Å². The van der Waals surface area contributed by atoms with Gasteiger partial charge in [0.05, 0.1) is 0 Å². The van der Waals surface area contributed by atoms with Crippen molar-refractivity contribution < 1.29 is 0 Å². The monoisotopic (exact) mass is 253 g/mol. The molecule has 0 unspecified atom stereocenters. The summed E-state index contributed by atoms with van der Waals surface area (Å²) < 4.78 is 0. The van der Waals surface area contributed by atoms with E-state index in [2.05, 4.69) is 22.2 Å². The summed E-state index contributed by atoms with van der Waals surface area (Å²) in [6.45, 7) is 4.45. The first-order valence-corrected chi connectivity index (χ1v) is 6.61. The Labute approximate surface area is 108 Å². The molecule has 0 bridgehead atoms. The van der Waals surface area contributed by atoms with Gasteiger partial charge in [-0.2, -0.15) is 0 Å². The zero-order valence-corrected chi connectivity index (χ0v) is 11.1. The molecule has 0 aromatic carbocycles. The summed E-state index contributed by atoms with van der Waals surface area (Å²) in [5.74, 6) is 0.832. The van der Waals surface area contributed by atoms with Gasteiger partial charge in [0.2, 0.25) is 0 Å². The molecular weight excluding hydrogens is 234 g/mol. The molecule has 1 fully saturated rings. The number of aromatic nitrogens is 1. The summed E-state index contributed by atoms with van der Waals surface area (Å²) in [5, 5.41) is 3.98. The Morgan fingerprint density at radius 3 is 2.94 bits per heavy atom. The highest BCUT2D eigenvalue weighted by Crippen LogP contribution is 2.15. The molecule has 1 saturated heterocycles. The van der Waals surface area contributed by atoms with Crippen LogP contribution in [-0.2, 0) is 6.54 Å². The zero-order chi connectivity index (χ0) is 12.1. The number of hydrogen-bond acceptors (Lipinski definition) is 3. The number of rotatable bonds is 4. The van der Waals surface area contributed by atoms with Crippen LogP contribution < -0.4 is 5.32 Å². The van der Waals surface area contributed by atoms with Crippen LogP contribution in [0.5, 0.6) is 0 Å². The predicted molar refractivity (Wildman–Crippen MR) is 71.2 cm³/mol. The molecule has 17 heavy (non-hydrogen) atoms. The fraction of sp³-hybridized carbons (Fsp3) is 0.615. The SMILES string of the molecule is CN(Cc1ccnc(Cl)c1)CC1CCNCC1. The van der Waals surface area contributed by atoms with Crippen molar-refractivity contribution >= 4 is 11.6 Å². The molecule has 1 aliphatic rings. The molecule has 0 amide bonds. The van der Waals surface area contributed by atoms with Crippen molar-refractivity contribution in [2.75, 3.05) is 26.7 Å². The van der Waals surface area contributed by atoms with Gasteiger partial charge in [-0.15, -0.1) is 0 Å². The topological polar surface area (TPSA) is 28.2 Å². The highest BCUT2D eigenvalue weighted by atomic mass is 35.5. The van der Waals surface area contributed by atoms with Crippen molar-refractivity contribution in [1.82, 2.24) is 15.2 Å². The number of hydrogen-bond donors (Lipinski definition) is 1. The van der Waals surface area contributed by atoms with Gasteiger partial charge < -0.3 is 10.2 Å². The molecule has 1 aromatic rings. The first-order valence-electron chi connectivity index (χ1n) is 6.24. The zero-order valence-electron chi connectivity index (χ0n) is 10.3. The Morgan fingerprint density at radius 1 is 1.47 bits per heavy atom. The predicted octanol–water partition coefficient (Wildman–Crippen LogP) is 2.17. The van der Waals surface area contributed by atoms with Crippen molar-refractivity contribution in [2.45, 2.75) is 19.4 Å². The van der Waals surface area contributed by atoms with Gasteiger partial charge in [0.25, 0.3) is 0 Å². The molecule has 1 aromatic heterocycles. The second-order valence-electron chi connectivity index (χ2n) is 4.88. The van der Waals surface area contributed by atoms with Gasteiger partial charge in [-0.1, -0.05) is 11.6 Å². The van der Waals surface area contributed by atoms with E-state index in [4.69, 9.17) is 11.6 Å². The molecule has 94 valence electrons. The van der Waals surface area contributed by atoms with E-state index in [9.17, 15) is 0 Å². The number of nitrogens with one attached hydrogen (secondary N) is 1. The van der Waals surface area contributed by atoms with Crippen LogP contribution in [0.1, 0.15) is 18.4 Å². The van der Waals surface area contributed by atoms with Crippen LogP contribution in [0, 0.1) is 5.92 Å². The summed E-state index contributed by atoms with van der Waals surface area (Å²) in [6, 6.07) is 3.98. The average Bonchev–Trinajstić information content (AvgIpc) is 2.30. The molecule has 1 N–H and O–H groups in total. The molecule has 0 spiro atoms.